The van der Waals surface area contributed by atoms with Gasteiger partial charge in [-0.2, -0.15) is 15.1 Å². The summed E-state index contributed by atoms with van der Waals surface area (Å²) in [6, 6.07) is 3.56. The molecule has 2 N–H and O–H groups in total. The van der Waals surface area contributed by atoms with Gasteiger partial charge in [-0.1, -0.05) is 0 Å². The Morgan fingerprint density at radius 2 is 1.96 bits per heavy atom. The van der Waals surface area contributed by atoms with E-state index in [2.05, 4.69) is 30.6 Å². The van der Waals surface area contributed by atoms with E-state index < -0.39 is 11.6 Å². The van der Waals surface area contributed by atoms with E-state index in [1.54, 1.807) is 17.9 Å². The van der Waals surface area contributed by atoms with E-state index in [9.17, 15) is 8.78 Å². The molecule has 3 heterocycles. The highest BCUT2D eigenvalue weighted by Gasteiger charge is 2.14. The Morgan fingerprint density at radius 3 is 2.75 bits per heavy atom. The highest BCUT2D eigenvalue weighted by atomic mass is 19.2. The van der Waals surface area contributed by atoms with Crippen molar-refractivity contribution >= 4 is 28.5 Å². The number of aromatic nitrogens is 4. The summed E-state index contributed by atoms with van der Waals surface area (Å²) in [4.78, 5) is 11.3. The lowest BCUT2D eigenvalue weighted by Gasteiger charge is -2.26. The predicted molar refractivity (Wildman–Crippen MR) is 102 cm³/mol. The molecule has 0 unspecified atom stereocenters. The van der Waals surface area contributed by atoms with E-state index in [1.165, 1.54) is 6.07 Å². The molecular formula is C18H21F2N7O. The SMILES string of the molecule is Cn1ncc2c(NCCN3CCOCC3)nc(Nc3ccc(F)c(F)c3)nc21. The fourth-order valence-electron chi connectivity index (χ4n) is 3.07. The monoisotopic (exact) mass is 389 g/mol. The first-order chi connectivity index (χ1) is 13.6. The second-order valence-corrected chi connectivity index (χ2v) is 6.54. The molecule has 0 radical (unpaired) electrons. The Morgan fingerprint density at radius 1 is 1.14 bits per heavy atom. The number of hydrogen-bond acceptors (Lipinski definition) is 7. The summed E-state index contributed by atoms with van der Waals surface area (Å²) in [6.07, 6.45) is 1.70. The van der Waals surface area contributed by atoms with E-state index in [4.69, 9.17) is 4.74 Å². The molecule has 0 spiro atoms. The molecule has 0 atom stereocenters. The molecular weight excluding hydrogens is 368 g/mol. The van der Waals surface area contributed by atoms with E-state index in [1.807, 2.05) is 0 Å². The van der Waals surface area contributed by atoms with Gasteiger partial charge in [-0.15, -0.1) is 0 Å². The van der Waals surface area contributed by atoms with Gasteiger partial charge in [0.05, 0.1) is 24.8 Å². The first-order valence-corrected chi connectivity index (χ1v) is 9.06. The Balaban J connectivity index is 1.53. The Labute approximate surface area is 160 Å². The second kappa shape index (κ2) is 8.03. The van der Waals surface area contributed by atoms with Gasteiger partial charge < -0.3 is 15.4 Å². The first kappa shape index (κ1) is 18.5. The van der Waals surface area contributed by atoms with E-state index in [0.29, 0.717) is 23.7 Å². The van der Waals surface area contributed by atoms with Crippen LogP contribution >= 0.6 is 0 Å². The molecule has 0 bridgehead atoms. The van der Waals surface area contributed by atoms with Crippen LogP contribution < -0.4 is 10.6 Å². The van der Waals surface area contributed by atoms with Crippen molar-refractivity contribution in [2.24, 2.45) is 7.05 Å². The minimum Gasteiger partial charge on any atom is -0.379 e. The van der Waals surface area contributed by atoms with Gasteiger partial charge in [0.15, 0.2) is 17.3 Å². The number of morpholine rings is 1. The van der Waals surface area contributed by atoms with Crippen molar-refractivity contribution in [3.8, 4) is 0 Å². The first-order valence-electron chi connectivity index (χ1n) is 9.06. The highest BCUT2D eigenvalue weighted by molar-refractivity contribution is 5.87. The van der Waals surface area contributed by atoms with Crippen LogP contribution in [-0.4, -0.2) is 64.0 Å². The highest BCUT2D eigenvalue weighted by Crippen LogP contribution is 2.23. The topological polar surface area (TPSA) is 80.1 Å². The predicted octanol–water partition coefficient (Wildman–Crippen LogP) is 2.13. The normalized spacial score (nSPS) is 15.1. The standard InChI is InChI=1S/C18H21F2N7O/c1-26-17-13(11-22-26)16(21-4-5-27-6-8-28-9-7-27)24-18(25-17)23-12-2-3-14(19)15(20)10-12/h2-3,10-11H,4-9H2,1H3,(H2,21,23,24,25). The average molecular weight is 389 g/mol. The number of benzene rings is 1. The van der Waals surface area contributed by atoms with Crippen LogP contribution in [0.25, 0.3) is 11.0 Å². The lowest BCUT2D eigenvalue weighted by atomic mass is 10.3. The third-order valence-corrected chi connectivity index (χ3v) is 4.59. The smallest absolute Gasteiger partial charge is 0.231 e. The van der Waals surface area contributed by atoms with E-state index in [-0.39, 0.29) is 5.95 Å². The summed E-state index contributed by atoms with van der Waals surface area (Å²) in [7, 11) is 1.79. The van der Waals surface area contributed by atoms with E-state index >= 15 is 0 Å². The number of fused-ring (bicyclic) bond motifs is 1. The maximum absolute atomic E-state index is 13.5. The second-order valence-electron chi connectivity index (χ2n) is 6.54. The summed E-state index contributed by atoms with van der Waals surface area (Å²) >= 11 is 0. The molecule has 8 nitrogen and oxygen atoms in total. The van der Waals surface area contributed by atoms with Crippen LogP contribution in [0.2, 0.25) is 0 Å². The van der Waals surface area contributed by atoms with Crippen molar-refractivity contribution in [2.45, 2.75) is 0 Å². The van der Waals surface area contributed by atoms with E-state index in [0.717, 1.165) is 50.4 Å². The molecule has 10 heteroatoms. The number of nitrogens with zero attached hydrogens (tertiary/aromatic N) is 5. The molecule has 1 aromatic carbocycles. The third-order valence-electron chi connectivity index (χ3n) is 4.59. The summed E-state index contributed by atoms with van der Waals surface area (Å²) in [5.74, 6) is -0.929. The lowest BCUT2D eigenvalue weighted by molar-refractivity contribution is 0.0398. The minimum atomic E-state index is -0.935. The van der Waals surface area contributed by atoms with Crippen molar-refractivity contribution in [1.82, 2.24) is 24.6 Å². The van der Waals surface area contributed by atoms with Crippen molar-refractivity contribution in [1.29, 1.82) is 0 Å². The molecule has 28 heavy (non-hydrogen) atoms. The number of hydrogen-bond donors (Lipinski definition) is 2. The van der Waals surface area contributed by atoms with Crippen LogP contribution in [0.3, 0.4) is 0 Å². The van der Waals surface area contributed by atoms with Crippen molar-refractivity contribution in [2.75, 3.05) is 50.0 Å². The molecule has 1 aliphatic heterocycles. The Hall–Kier alpha value is -2.85. The number of anilines is 3. The zero-order valence-electron chi connectivity index (χ0n) is 15.5. The molecule has 2 aromatic heterocycles. The van der Waals surface area contributed by atoms with Crippen molar-refractivity contribution in [3.63, 3.8) is 0 Å². The maximum Gasteiger partial charge on any atom is 0.231 e. The number of aryl methyl sites for hydroxylation is 1. The number of ether oxygens (including phenoxy) is 1. The average Bonchev–Trinajstić information content (AvgIpc) is 3.07. The zero-order valence-corrected chi connectivity index (χ0v) is 15.5. The van der Waals surface area contributed by atoms with Gasteiger partial charge in [0.2, 0.25) is 5.95 Å². The fourth-order valence-corrected chi connectivity index (χ4v) is 3.07. The number of nitrogens with one attached hydrogen (secondary N) is 2. The molecule has 1 fully saturated rings. The van der Waals surface area contributed by atoms with Crippen LogP contribution in [0, 0.1) is 11.6 Å². The van der Waals surface area contributed by atoms with Gasteiger partial charge in [-0.3, -0.25) is 9.58 Å². The zero-order chi connectivity index (χ0) is 19.5. The van der Waals surface area contributed by atoms with Crippen molar-refractivity contribution in [3.05, 3.63) is 36.0 Å². The van der Waals surface area contributed by atoms with Crippen molar-refractivity contribution < 1.29 is 13.5 Å². The van der Waals surface area contributed by atoms with Crippen LogP contribution in [0.1, 0.15) is 0 Å². The number of rotatable bonds is 6. The molecule has 0 amide bonds. The Kier molecular flexibility index (Phi) is 5.31. The minimum absolute atomic E-state index is 0.274. The quantitative estimate of drug-likeness (QED) is 0.669. The summed E-state index contributed by atoms with van der Waals surface area (Å²) in [6.45, 7) is 4.89. The fraction of sp³-hybridized carbons (Fsp3) is 0.389. The van der Waals surface area contributed by atoms with Gasteiger partial charge in [0, 0.05) is 45.0 Å². The van der Waals surface area contributed by atoms with Gasteiger partial charge in [0.1, 0.15) is 5.82 Å². The molecule has 1 saturated heterocycles. The molecule has 0 aliphatic carbocycles. The summed E-state index contributed by atoms with van der Waals surface area (Å²) < 4.78 is 33.6. The summed E-state index contributed by atoms with van der Waals surface area (Å²) in [5.41, 5.74) is 0.994. The van der Waals surface area contributed by atoms with Crippen LogP contribution in [-0.2, 0) is 11.8 Å². The molecule has 1 aliphatic rings. The maximum atomic E-state index is 13.5. The number of halogens is 2. The molecule has 3 aromatic rings. The molecule has 4 rings (SSSR count). The van der Waals surface area contributed by atoms with Crippen LogP contribution in [0.15, 0.2) is 24.4 Å². The van der Waals surface area contributed by atoms with Gasteiger partial charge >= 0.3 is 0 Å². The third kappa shape index (κ3) is 4.02. The lowest BCUT2D eigenvalue weighted by Crippen LogP contribution is -2.39. The molecule has 0 saturated carbocycles. The summed E-state index contributed by atoms with van der Waals surface area (Å²) in [5, 5.41) is 11.3. The van der Waals surface area contributed by atoms with Crippen LogP contribution in [0.5, 0.6) is 0 Å². The van der Waals surface area contributed by atoms with Gasteiger partial charge in [0.25, 0.3) is 0 Å². The molecule has 148 valence electrons. The van der Waals surface area contributed by atoms with Crippen LogP contribution in [0.4, 0.5) is 26.2 Å². The van der Waals surface area contributed by atoms with Gasteiger partial charge in [-0.05, 0) is 12.1 Å². The Bertz CT molecular complexity index is 972. The van der Waals surface area contributed by atoms with Gasteiger partial charge in [-0.25, -0.2) is 8.78 Å². The largest absolute Gasteiger partial charge is 0.379 e.